The Balaban J connectivity index is 0.994. The minimum Gasteiger partial charge on any atom is -0.438 e. The molecule has 50 heavy (non-hydrogen) atoms. The number of benzene rings is 2. The maximum absolute atomic E-state index is 14.4. The SMILES string of the molecule is Cc1cccc2nc(C(=O)NC3CCC(NC(=O)c4cc(F)cnc4Oc4cccc(-c5ccc(N)cc5CN5CCOCC5)c4)CC3)cn12. The number of aryl methyl sites for hydroxylation is 1. The number of nitrogens with zero attached hydrogens (tertiary/aromatic N) is 4. The third-order valence-corrected chi connectivity index (χ3v) is 9.38. The van der Waals surface area contributed by atoms with Gasteiger partial charge in [-0.15, -0.1) is 0 Å². The zero-order valence-electron chi connectivity index (χ0n) is 27.9. The molecule has 258 valence electrons. The molecular weight excluding hydrogens is 637 g/mol. The maximum Gasteiger partial charge on any atom is 0.271 e. The van der Waals surface area contributed by atoms with Crippen molar-refractivity contribution >= 4 is 23.1 Å². The lowest BCUT2D eigenvalue weighted by atomic mass is 9.91. The highest BCUT2D eigenvalue weighted by atomic mass is 19.1. The standard InChI is InChI=1S/C38H40FN7O4/c1-24-4-2-7-35-44-34(23-46(24)35)37(48)43-30-11-9-29(10-12-30)42-36(47)33-20-27(39)21-41-38(33)50-31-6-3-5-25(19-31)32-13-8-28(40)18-26(32)22-45-14-16-49-17-15-45/h2-8,13,18-21,23,29-30H,9-12,14-17,22,40H2,1H3,(H,42,47)(H,43,48). The first kappa shape index (κ1) is 33.2. The highest BCUT2D eigenvalue weighted by molar-refractivity contribution is 5.96. The first-order valence-corrected chi connectivity index (χ1v) is 17.0. The number of imidazole rings is 1. The van der Waals surface area contributed by atoms with Crippen LogP contribution in [0.25, 0.3) is 16.8 Å². The molecule has 1 aliphatic heterocycles. The van der Waals surface area contributed by atoms with Crippen LogP contribution < -0.4 is 21.1 Å². The van der Waals surface area contributed by atoms with Crippen molar-refractivity contribution in [3.05, 3.63) is 107 Å². The summed E-state index contributed by atoms with van der Waals surface area (Å²) in [7, 11) is 0. The Morgan fingerprint density at radius 3 is 2.46 bits per heavy atom. The lowest BCUT2D eigenvalue weighted by molar-refractivity contribution is 0.0342. The van der Waals surface area contributed by atoms with Gasteiger partial charge in [-0.2, -0.15) is 0 Å². The van der Waals surface area contributed by atoms with E-state index in [2.05, 4.69) is 25.5 Å². The van der Waals surface area contributed by atoms with Gasteiger partial charge in [0.1, 0.15) is 28.5 Å². The van der Waals surface area contributed by atoms with E-state index in [-0.39, 0.29) is 29.4 Å². The number of aromatic nitrogens is 3. The number of hydrogen-bond acceptors (Lipinski definition) is 8. The topological polar surface area (TPSA) is 136 Å². The van der Waals surface area contributed by atoms with E-state index < -0.39 is 11.7 Å². The van der Waals surface area contributed by atoms with Crippen molar-refractivity contribution in [1.82, 2.24) is 29.9 Å². The van der Waals surface area contributed by atoms with E-state index in [9.17, 15) is 14.0 Å². The first-order chi connectivity index (χ1) is 24.3. The summed E-state index contributed by atoms with van der Waals surface area (Å²) >= 11 is 0. The number of hydrogen-bond donors (Lipinski definition) is 3. The van der Waals surface area contributed by atoms with Gasteiger partial charge in [-0.1, -0.05) is 24.3 Å². The van der Waals surface area contributed by atoms with Crippen molar-refractivity contribution < 1.29 is 23.5 Å². The van der Waals surface area contributed by atoms with Crippen molar-refractivity contribution in [3.63, 3.8) is 0 Å². The van der Waals surface area contributed by atoms with Gasteiger partial charge in [-0.3, -0.25) is 14.5 Å². The number of halogens is 1. The molecule has 0 radical (unpaired) electrons. The van der Waals surface area contributed by atoms with Crippen LogP contribution in [0.2, 0.25) is 0 Å². The smallest absolute Gasteiger partial charge is 0.271 e. The first-order valence-electron chi connectivity index (χ1n) is 17.0. The van der Waals surface area contributed by atoms with Gasteiger partial charge in [-0.05, 0) is 91.8 Å². The number of rotatable bonds is 9. The van der Waals surface area contributed by atoms with Crippen LogP contribution >= 0.6 is 0 Å². The van der Waals surface area contributed by atoms with Gasteiger partial charge in [0.05, 0.1) is 19.4 Å². The molecule has 0 unspecified atom stereocenters. The quantitative estimate of drug-likeness (QED) is 0.174. The number of nitrogens with one attached hydrogen (secondary N) is 2. The summed E-state index contributed by atoms with van der Waals surface area (Å²) in [5.41, 5.74) is 12.0. The molecule has 0 bridgehead atoms. The number of carbonyl (C=O) groups excluding carboxylic acids is 2. The predicted octanol–water partition coefficient (Wildman–Crippen LogP) is 5.52. The van der Waals surface area contributed by atoms with Crippen molar-refractivity contribution in [2.75, 3.05) is 32.0 Å². The normalized spacial score (nSPS) is 18.1. The lowest BCUT2D eigenvalue weighted by Gasteiger charge is -2.29. The number of anilines is 1. The molecule has 0 atom stereocenters. The number of carbonyl (C=O) groups is 2. The molecular formula is C38H40FN7O4. The van der Waals surface area contributed by atoms with Crippen LogP contribution in [0.15, 0.2) is 79.1 Å². The van der Waals surface area contributed by atoms with E-state index in [0.29, 0.717) is 56.0 Å². The molecule has 1 saturated carbocycles. The number of fused-ring (bicyclic) bond motifs is 1. The zero-order chi connectivity index (χ0) is 34.6. The van der Waals surface area contributed by atoms with E-state index in [1.54, 1.807) is 12.3 Å². The number of nitrogen functional groups attached to an aromatic ring is 1. The highest BCUT2D eigenvalue weighted by Gasteiger charge is 2.27. The average molecular weight is 678 g/mol. The Kier molecular flexibility index (Phi) is 9.72. The third kappa shape index (κ3) is 7.61. The second kappa shape index (κ2) is 14.7. The molecule has 2 aliphatic rings. The van der Waals surface area contributed by atoms with Gasteiger partial charge in [0.25, 0.3) is 11.8 Å². The van der Waals surface area contributed by atoms with Crippen molar-refractivity contribution in [2.24, 2.45) is 0 Å². The van der Waals surface area contributed by atoms with E-state index in [1.807, 2.05) is 65.9 Å². The van der Waals surface area contributed by atoms with Gasteiger partial charge in [-0.25, -0.2) is 14.4 Å². The third-order valence-electron chi connectivity index (χ3n) is 9.38. The number of amides is 2. The summed E-state index contributed by atoms with van der Waals surface area (Å²) in [5.74, 6) is -0.860. The number of nitrogens with two attached hydrogens (primary N) is 1. The number of morpholine rings is 1. The maximum atomic E-state index is 14.4. The average Bonchev–Trinajstić information content (AvgIpc) is 3.57. The largest absolute Gasteiger partial charge is 0.438 e. The van der Waals surface area contributed by atoms with Crippen LogP contribution in [0.1, 0.15) is 57.8 Å². The van der Waals surface area contributed by atoms with Gasteiger partial charge >= 0.3 is 0 Å². The Morgan fingerprint density at radius 1 is 0.960 bits per heavy atom. The van der Waals surface area contributed by atoms with E-state index in [0.717, 1.165) is 59.9 Å². The fraction of sp³-hybridized carbons (Fsp3) is 0.316. The van der Waals surface area contributed by atoms with Crippen LogP contribution in [0.5, 0.6) is 11.6 Å². The van der Waals surface area contributed by atoms with Gasteiger partial charge < -0.3 is 30.2 Å². The van der Waals surface area contributed by atoms with E-state index in [1.165, 1.54) is 0 Å². The second-order valence-corrected chi connectivity index (χ2v) is 13.0. The molecule has 11 nitrogen and oxygen atoms in total. The molecule has 5 aromatic rings. The molecule has 2 aromatic carbocycles. The Hall–Kier alpha value is -5.33. The fourth-order valence-electron chi connectivity index (χ4n) is 6.70. The molecule has 2 amide bonds. The number of ether oxygens (including phenoxy) is 2. The molecule has 3 aromatic heterocycles. The van der Waals surface area contributed by atoms with E-state index in [4.69, 9.17) is 15.2 Å². The van der Waals surface area contributed by atoms with Crippen molar-refractivity contribution in [2.45, 2.75) is 51.2 Å². The van der Waals surface area contributed by atoms with Crippen LogP contribution in [0.4, 0.5) is 10.1 Å². The number of pyridine rings is 2. The zero-order valence-corrected chi connectivity index (χ0v) is 27.9. The van der Waals surface area contributed by atoms with Crippen LogP contribution in [0, 0.1) is 12.7 Å². The minimum absolute atomic E-state index is 0.00784. The van der Waals surface area contributed by atoms with Crippen LogP contribution in [0.3, 0.4) is 0 Å². The van der Waals surface area contributed by atoms with Crippen molar-refractivity contribution in [1.29, 1.82) is 0 Å². The molecule has 4 N–H and O–H groups in total. The Bertz CT molecular complexity index is 2020. The molecule has 0 spiro atoms. The summed E-state index contributed by atoms with van der Waals surface area (Å²) in [4.78, 5) is 37.4. The Labute approximate surface area is 289 Å². The molecule has 12 heteroatoms. The molecule has 1 aliphatic carbocycles. The van der Waals surface area contributed by atoms with Gasteiger partial charge in [0.2, 0.25) is 5.88 Å². The highest BCUT2D eigenvalue weighted by Crippen LogP contribution is 2.32. The predicted molar refractivity (Wildman–Crippen MR) is 188 cm³/mol. The van der Waals surface area contributed by atoms with Gasteiger partial charge in [0, 0.05) is 49.3 Å². The molecule has 2 fully saturated rings. The molecule has 7 rings (SSSR count). The van der Waals surface area contributed by atoms with Gasteiger partial charge in [0.15, 0.2) is 0 Å². The summed E-state index contributed by atoms with van der Waals surface area (Å²) in [5, 5.41) is 6.11. The van der Waals surface area contributed by atoms with Crippen LogP contribution in [-0.2, 0) is 11.3 Å². The Morgan fingerprint density at radius 2 is 1.70 bits per heavy atom. The molecule has 4 heterocycles. The van der Waals surface area contributed by atoms with Crippen molar-refractivity contribution in [3.8, 4) is 22.8 Å². The monoisotopic (exact) mass is 677 g/mol. The summed E-state index contributed by atoms with van der Waals surface area (Å²) < 4.78 is 28.0. The van der Waals surface area contributed by atoms with E-state index >= 15 is 0 Å². The van der Waals surface area contributed by atoms with Crippen LogP contribution in [-0.4, -0.2) is 69.5 Å². The fourth-order valence-corrected chi connectivity index (χ4v) is 6.70. The minimum atomic E-state index is -0.639. The summed E-state index contributed by atoms with van der Waals surface area (Å²) in [6.45, 7) is 5.79. The second-order valence-electron chi connectivity index (χ2n) is 13.0. The summed E-state index contributed by atoms with van der Waals surface area (Å²) in [6, 6.07) is 20.1. The molecule has 1 saturated heterocycles. The lowest BCUT2D eigenvalue weighted by Crippen LogP contribution is -2.44. The summed E-state index contributed by atoms with van der Waals surface area (Å²) in [6.07, 6.45) is 5.44.